The molecule has 2 fully saturated rings. The Balaban J connectivity index is 1.99. The Morgan fingerprint density at radius 2 is 1.51 bits per heavy atom. The quantitative estimate of drug-likeness (QED) is 0.194. The van der Waals surface area contributed by atoms with Crippen molar-refractivity contribution in [3.8, 4) is 0 Å². The maximum Gasteiger partial charge on any atom is 0.303 e. The zero-order chi connectivity index (χ0) is 28.7. The van der Waals surface area contributed by atoms with Crippen LogP contribution in [0.15, 0.2) is 47.4 Å². The molecule has 1 amide bonds. The van der Waals surface area contributed by atoms with Gasteiger partial charge in [0.25, 0.3) is 5.91 Å². The molecule has 0 spiro atoms. The lowest BCUT2D eigenvalue weighted by Crippen LogP contribution is -2.66. The number of allylic oxidation sites excluding steroid dienone is 2. The van der Waals surface area contributed by atoms with E-state index in [4.69, 9.17) is 35.9 Å². The third-order valence-corrected chi connectivity index (χ3v) is 6.73. The number of ether oxygens (including phenoxy) is 5. The van der Waals surface area contributed by atoms with Crippen LogP contribution in [0.3, 0.4) is 0 Å². The van der Waals surface area contributed by atoms with Crippen LogP contribution >= 0.6 is 24.0 Å². The molecule has 2 aliphatic heterocycles. The molecule has 2 aliphatic rings. The van der Waals surface area contributed by atoms with Gasteiger partial charge in [0.15, 0.2) is 28.9 Å². The summed E-state index contributed by atoms with van der Waals surface area (Å²) in [5, 5.41) is 0. The van der Waals surface area contributed by atoms with Crippen LogP contribution in [-0.2, 0) is 47.7 Å². The Morgan fingerprint density at radius 3 is 2.10 bits per heavy atom. The Bertz CT molecular complexity index is 1200. The van der Waals surface area contributed by atoms with Crippen molar-refractivity contribution < 1.29 is 47.7 Å². The van der Waals surface area contributed by atoms with E-state index >= 15 is 0 Å². The summed E-state index contributed by atoms with van der Waals surface area (Å²) in [6.07, 6.45) is -1.72. The SMILES string of the molecule is CC(=O)OC[C@H]1O[C@@H](N2C(=O)/C(=C\C=C\c3ccccc3)SC2=S)[C@@H](OC(C)=O)[C@@H](OC(C)=O)[C@@H]1OC(C)=O. The number of carbonyl (C=O) groups excluding carboxylic acids is 5. The Morgan fingerprint density at radius 1 is 0.923 bits per heavy atom. The van der Waals surface area contributed by atoms with Gasteiger partial charge in [-0.15, -0.1) is 0 Å². The lowest BCUT2D eigenvalue weighted by Gasteiger charge is -2.46. The molecule has 0 aromatic heterocycles. The van der Waals surface area contributed by atoms with Gasteiger partial charge in [-0.25, -0.2) is 0 Å². The third kappa shape index (κ3) is 7.97. The number of carbonyl (C=O) groups is 5. The number of benzene rings is 1. The zero-order valence-electron chi connectivity index (χ0n) is 21.6. The molecule has 2 saturated heterocycles. The van der Waals surface area contributed by atoms with E-state index in [0.717, 1.165) is 43.0 Å². The highest BCUT2D eigenvalue weighted by Crippen LogP contribution is 2.38. The summed E-state index contributed by atoms with van der Waals surface area (Å²) in [7, 11) is 0. The van der Waals surface area contributed by atoms with Crippen LogP contribution in [0, 0.1) is 0 Å². The van der Waals surface area contributed by atoms with E-state index in [0.29, 0.717) is 0 Å². The van der Waals surface area contributed by atoms with Gasteiger partial charge in [0.1, 0.15) is 12.7 Å². The highest BCUT2D eigenvalue weighted by Gasteiger charge is 2.56. The van der Waals surface area contributed by atoms with Crippen molar-refractivity contribution in [1.29, 1.82) is 0 Å². The normalized spacial score (nSPS) is 26.0. The van der Waals surface area contributed by atoms with Crippen molar-refractivity contribution in [3.05, 3.63) is 53.0 Å². The highest BCUT2D eigenvalue weighted by atomic mass is 32.2. The number of hydrogen-bond acceptors (Lipinski definition) is 12. The number of rotatable bonds is 8. The summed E-state index contributed by atoms with van der Waals surface area (Å²) in [4.78, 5) is 62.4. The highest BCUT2D eigenvalue weighted by molar-refractivity contribution is 8.26. The largest absolute Gasteiger partial charge is 0.463 e. The number of amides is 1. The molecule has 208 valence electrons. The number of nitrogens with zero attached hydrogens (tertiary/aromatic N) is 1. The summed E-state index contributed by atoms with van der Waals surface area (Å²) in [6, 6.07) is 9.43. The summed E-state index contributed by atoms with van der Waals surface area (Å²) < 4.78 is 27.5. The monoisotopic (exact) mass is 577 g/mol. The first kappa shape index (κ1) is 30.0. The second-order valence-electron chi connectivity index (χ2n) is 8.43. The van der Waals surface area contributed by atoms with Crippen LogP contribution in [-0.4, -0.2) is 76.3 Å². The minimum absolute atomic E-state index is 0.0836. The summed E-state index contributed by atoms with van der Waals surface area (Å²) >= 11 is 6.46. The second-order valence-corrected chi connectivity index (χ2v) is 10.1. The van der Waals surface area contributed by atoms with Crippen LogP contribution in [0.25, 0.3) is 6.08 Å². The van der Waals surface area contributed by atoms with Crippen LogP contribution in [0.4, 0.5) is 0 Å². The molecular weight excluding hydrogens is 550 g/mol. The second kappa shape index (κ2) is 13.5. The topological polar surface area (TPSA) is 135 Å². The van der Waals surface area contributed by atoms with Crippen LogP contribution in [0.5, 0.6) is 0 Å². The van der Waals surface area contributed by atoms with Gasteiger partial charge in [-0.3, -0.25) is 28.9 Å². The zero-order valence-corrected chi connectivity index (χ0v) is 23.2. The lowest BCUT2D eigenvalue weighted by atomic mass is 9.96. The number of thioether (sulfide) groups is 1. The molecule has 0 aliphatic carbocycles. The van der Waals surface area contributed by atoms with Crippen molar-refractivity contribution in [3.63, 3.8) is 0 Å². The van der Waals surface area contributed by atoms with Gasteiger partial charge in [-0.2, -0.15) is 0 Å². The molecule has 0 bridgehead atoms. The molecule has 13 heteroatoms. The molecule has 0 saturated carbocycles. The van der Waals surface area contributed by atoms with Crippen molar-refractivity contribution in [2.75, 3.05) is 6.61 Å². The molecule has 5 atom stereocenters. The first-order valence-corrected chi connectivity index (χ1v) is 13.0. The van der Waals surface area contributed by atoms with Crippen LogP contribution in [0.2, 0.25) is 0 Å². The fourth-order valence-corrected chi connectivity index (χ4v) is 5.20. The summed E-state index contributed by atoms with van der Waals surface area (Å²) in [6.45, 7) is 4.10. The molecule has 0 unspecified atom stereocenters. The Labute approximate surface area is 234 Å². The Kier molecular flexibility index (Phi) is 10.4. The average Bonchev–Trinajstić information content (AvgIpc) is 3.13. The average molecular weight is 578 g/mol. The molecule has 11 nitrogen and oxygen atoms in total. The molecule has 1 aromatic carbocycles. The maximum atomic E-state index is 13.5. The molecule has 0 radical (unpaired) electrons. The fourth-order valence-electron chi connectivity index (χ4n) is 3.94. The van der Waals surface area contributed by atoms with E-state index < -0.39 is 67.0 Å². The molecular formula is C26H27NO10S2. The van der Waals surface area contributed by atoms with Gasteiger partial charge in [0.05, 0.1) is 4.91 Å². The van der Waals surface area contributed by atoms with E-state index in [1.807, 2.05) is 30.3 Å². The summed E-state index contributed by atoms with van der Waals surface area (Å²) in [5.74, 6) is -3.52. The molecule has 1 aromatic rings. The summed E-state index contributed by atoms with van der Waals surface area (Å²) in [5.41, 5.74) is 0.920. The number of thiocarbonyl (C=S) groups is 1. The van der Waals surface area contributed by atoms with Crippen molar-refractivity contribution in [1.82, 2.24) is 4.90 Å². The van der Waals surface area contributed by atoms with Crippen LogP contribution in [0.1, 0.15) is 33.3 Å². The fraction of sp³-hybridized carbons (Fsp3) is 0.385. The van der Waals surface area contributed by atoms with Gasteiger partial charge < -0.3 is 23.7 Å². The molecule has 3 rings (SSSR count). The van der Waals surface area contributed by atoms with E-state index in [9.17, 15) is 24.0 Å². The third-order valence-electron chi connectivity index (χ3n) is 5.38. The van der Waals surface area contributed by atoms with E-state index in [2.05, 4.69) is 0 Å². The molecule has 39 heavy (non-hydrogen) atoms. The molecule has 2 heterocycles. The Hall–Kier alpha value is -3.55. The predicted octanol–water partition coefficient (Wildman–Crippen LogP) is 2.53. The smallest absolute Gasteiger partial charge is 0.303 e. The molecule has 0 N–H and O–H groups in total. The van der Waals surface area contributed by atoms with Crippen molar-refractivity contribution >= 4 is 64.2 Å². The van der Waals surface area contributed by atoms with E-state index in [1.165, 1.54) is 6.92 Å². The standard InChI is InChI=1S/C26H27NO10S2/c1-14(28)33-13-19-21(34-15(2)29)22(35-16(3)30)23(36-17(4)31)25(37-19)27-24(32)20(39-26(27)38)12-8-11-18-9-6-5-7-10-18/h5-12,19,21-23,25H,13H2,1-4H3/b11-8+,20-12+/t19-,21-,22+,23+,25-/m1/s1. The predicted molar refractivity (Wildman–Crippen MR) is 143 cm³/mol. The minimum atomic E-state index is -1.44. The van der Waals surface area contributed by atoms with Crippen molar-refractivity contribution in [2.24, 2.45) is 0 Å². The lowest BCUT2D eigenvalue weighted by molar-refractivity contribution is -0.268. The van der Waals surface area contributed by atoms with Crippen LogP contribution < -0.4 is 0 Å². The first-order chi connectivity index (χ1) is 18.5. The van der Waals surface area contributed by atoms with Gasteiger partial charge in [-0.05, 0) is 11.6 Å². The van der Waals surface area contributed by atoms with E-state index in [1.54, 1.807) is 18.2 Å². The van der Waals surface area contributed by atoms with Gasteiger partial charge in [-0.1, -0.05) is 66.5 Å². The van der Waals surface area contributed by atoms with Gasteiger partial charge >= 0.3 is 23.9 Å². The number of esters is 4. The van der Waals surface area contributed by atoms with E-state index in [-0.39, 0.29) is 9.23 Å². The maximum absolute atomic E-state index is 13.5. The van der Waals surface area contributed by atoms with Gasteiger partial charge in [0.2, 0.25) is 0 Å². The van der Waals surface area contributed by atoms with Gasteiger partial charge in [0, 0.05) is 27.7 Å². The number of hydrogen-bond donors (Lipinski definition) is 0. The van der Waals surface area contributed by atoms with Crippen molar-refractivity contribution in [2.45, 2.75) is 58.3 Å². The minimum Gasteiger partial charge on any atom is -0.463 e. The first-order valence-electron chi connectivity index (χ1n) is 11.8.